The second-order valence-electron chi connectivity index (χ2n) is 5.61. The summed E-state index contributed by atoms with van der Waals surface area (Å²) < 4.78 is 0. The Morgan fingerprint density at radius 1 is 1.42 bits per heavy atom. The van der Waals surface area contributed by atoms with E-state index in [2.05, 4.69) is 42.8 Å². The SMILES string of the molecule is C=C(c1cccc(C)n1)C1CCC1/C=C\CCCC. The van der Waals surface area contributed by atoms with Crippen LogP contribution in [-0.2, 0) is 0 Å². The van der Waals surface area contributed by atoms with Crippen molar-refractivity contribution >= 4 is 5.57 Å². The Morgan fingerprint density at radius 3 is 2.89 bits per heavy atom. The zero-order chi connectivity index (χ0) is 13.7. The number of rotatable bonds is 6. The van der Waals surface area contributed by atoms with Crippen LogP contribution >= 0.6 is 0 Å². The van der Waals surface area contributed by atoms with Gasteiger partial charge in [0.05, 0.1) is 5.69 Å². The minimum atomic E-state index is 0.604. The van der Waals surface area contributed by atoms with Crippen molar-refractivity contribution in [1.82, 2.24) is 4.98 Å². The van der Waals surface area contributed by atoms with Crippen molar-refractivity contribution in [2.45, 2.75) is 46.0 Å². The first-order valence-corrected chi connectivity index (χ1v) is 7.52. The van der Waals surface area contributed by atoms with E-state index in [-0.39, 0.29) is 0 Å². The average Bonchev–Trinajstić information content (AvgIpc) is 2.37. The van der Waals surface area contributed by atoms with Crippen molar-refractivity contribution < 1.29 is 0 Å². The first-order chi connectivity index (χ1) is 9.22. The number of allylic oxidation sites excluding steroid dienone is 3. The van der Waals surface area contributed by atoms with Crippen LogP contribution in [0.15, 0.2) is 36.9 Å². The van der Waals surface area contributed by atoms with Gasteiger partial charge < -0.3 is 0 Å². The summed E-state index contributed by atoms with van der Waals surface area (Å²) >= 11 is 0. The van der Waals surface area contributed by atoms with Crippen LogP contribution in [0.2, 0.25) is 0 Å². The van der Waals surface area contributed by atoms with Gasteiger partial charge in [0, 0.05) is 5.69 Å². The standard InChI is InChI=1S/C18H25N/c1-4-5-6-7-10-16-12-13-17(16)15(3)18-11-8-9-14(2)19-18/h7-11,16-17H,3-6,12-13H2,1-2H3/b10-7-. The number of aryl methyl sites for hydroxylation is 1. The fourth-order valence-corrected chi connectivity index (χ4v) is 2.69. The fourth-order valence-electron chi connectivity index (χ4n) is 2.69. The van der Waals surface area contributed by atoms with Crippen LogP contribution in [-0.4, -0.2) is 4.98 Å². The number of aromatic nitrogens is 1. The van der Waals surface area contributed by atoms with Crippen molar-refractivity contribution in [2.75, 3.05) is 0 Å². The highest BCUT2D eigenvalue weighted by Gasteiger charge is 2.31. The highest BCUT2D eigenvalue weighted by molar-refractivity contribution is 5.63. The summed E-state index contributed by atoms with van der Waals surface area (Å²) in [6.07, 6.45) is 11.1. The number of hydrogen-bond acceptors (Lipinski definition) is 1. The van der Waals surface area contributed by atoms with Gasteiger partial charge in [0.2, 0.25) is 0 Å². The molecule has 1 aromatic rings. The fraction of sp³-hybridized carbons (Fsp3) is 0.500. The summed E-state index contributed by atoms with van der Waals surface area (Å²) in [5.41, 5.74) is 3.38. The Kier molecular flexibility index (Phi) is 4.95. The van der Waals surface area contributed by atoms with Gasteiger partial charge >= 0.3 is 0 Å². The third kappa shape index (κ3) is 3.56. The summed E-state index contributed by atoms with van der Waals surface area (Å²) in [5.74, 6) is 1.29. The van der Waals surface area contributed by atoms with Crippen LogP contribution in [0.5, 0.6) is 0 Å². The predicted molar refractivity (Wildman–Crippen MR) is 82.9 cm³/mol. The summed E-state index contributed by atoms with van der Waals surface area (Å²) in [6.45, 7) is 8.57. The Labute approximate surface area is 117 Å². The van der Waals surface area contributed by atoms with E-state index < -0.39 is 0 Å². The molecule has 0 bridgehead atoms. The molecule has 1 heteroatoms. The van der Waals surface area contributed by atoms with Crippen LogP contribution in [0.25, 0.3) is 5.57 Å². The molecule has 0 saturated heterocycles. The van der Waals surface area contributed by atoms with Gasteiger partial charge in [-0.3, -0.25) is 4.98 Å². The van der Waals surface area contributed by atoms with Gasteiger partial charge in [0.15, 0.2) is 0 Å². The lowest BCUT2D eigenvalue weighted by Crippen LogP contribution is -2.25. The van der Waals surface area contributed by atoms with Gasteiger partial charge in [-0.25, -0.2) is 0 Å². The minimum absolute atomic E-state index is 0.604. The zero-order valence-corrected chi connectivity index (χ0v) is 12.2. The zero-order valence-electron chi connectivity index (χ0n) is 12.2. The molecule has 1 aliphatic rings. The lowest BCUT2D eigenvalue weighted by Gasteiger charge is -2.36. The molecule has 2 rings (SSSR count). The molecular weight excluding hydrogens is 230 g/mol. The normalized spacial score (nSPS) is 22.4. The molecule has 1 nitrogen and oxygen atoms in total. The van der Waals surface area contributed by atoms with E-state index in [1.807, 2.05) is 13.0 Å². The maximum atomic E-state index is 4.60. The third-order valence-corrected chi connectivity index (χ3v) is 4.10. The minimum Gasteiger partial charge on any atom is -0.253 e. The molecule has 0 aliphatic heterocycles. The van der Waals surface area contributed by atoms with E-state index >= 15 is 0 Å². The first-order valence-electron chi connectivity index (χ1n) is 7.52. The maximum absolute atomic E-state index is 4.60. The van der Waals surface area contributed by atoms with Crippen LogP contribution in [0.4, 0.5) is 0 Å². The summed E-state index contributed by atoms with van der Waals surface area (Å²) in [7, 11) is 0. The second kappa shape index (κ2) is 6.70. The quantitative estimate of drug-likeness (QED) is 0.504. The molecule has 1 aromatic heterocycles. The Hall–Kier alpha value is -1.37. The maximum Gasteiger partial charge on any atom is 0.0661 e. The number of nitrogens with zero attached hydrogens (tertiary/aromatic N) is 1. The molecule has 2 atom stereocenters. The van der Waals surface area contributed by atoms with E-state index in [1.54, 1.807) is 0 Å². The van der Waals surface area contributed by atoms with E-state index in [1.165, 1.54) is 37.7 Å². The second-order valence-corrected chi connectivity index (χ2v) is 5.61. The smallest absolute Gasteiger partial charge is 0.0661 e. The van der Waals surface area contributed by atoms with Gasteiger partial charge in [-0.05, 0) is 55.7 Å². The first kappa shape index (κ1) is 14.0. The molecule has 1 heterocycles. The molecule has 0 radical (unpaired) electrons. The third-order valence-electron chi connectivity index (χ3n) is 4.10. The lowest BCUT2D eigenvalue weighted by atomic mass is 9.69. The molecule has 1 fully saturated rings. The average molecular weight is 255 g/mol. The van der Waals surface area contributed by atoms with Crippen molar-refractivity contribution in [1.29, 1.82) is 0 Å². The van der Waals surface area contributed by atoms with Crippen molar-refractivity contribution in [3.63, 3.8) is 0 Å². The van der Waals surface area contributed by atoms with E-state index in [4.69, 9.17) is 0 Å². The monoisotopic (exact) mass is 255 g/mol. The highest BCUT2D eigenvalue weighted by Crippen LogP contribution is 2.43. The van der Waals surface area contributed by atoms with Crippen molar-refractivity contribution in [3.8, 4) is 0 Å². The topological polar surface area (TPSA) is 12.9 Å². The van der Waals surface area contributed by atoms with Gasteiger partial charge in [0.25, 0.3) is 0 Å². The molecule has 102 valence electrons. The number of hydrogen-bond donors (Lipinski definition) is 0. The van der Waals surface area contributed by atoms with E-state index in [0.717, 1.165) is 11.4 Å². The van der Waals surface area contributed by atoms with Gasteiger partial charge in [-0.2, -0.15) is 0 Å². The van der Waals surface area contributed by atoms with E-state index in [0.29, 0.717) is 11.8 Å². The van der Waals surface area contributed by atoms with Gasteiger partial charge in [0.1, 0.15) is 0 Å². The molecule has 0 aromatic carbocycles. The van der Waals surface area contributed by atoms with E-state index in [9.17, 15) is 0 Å². The molecule has 19 heavy (non-hydrogen) atoms. The molecular formula is C18H25N. The Morgan fingerprint density at radius 2 is 2.26 bits per heavy atom. The number of pyridine rings is 1. The molecule has 0 amide bonds. The van der Waals surface area contributed by atoms with Crippen molar-refractivity contribution in [2.24, 2.45) is 11.8 Å². The summed E-state index contributed by atoms with van der Waals surface area (Å²) in [5, 5.41) is 0. The van der Waals surface area contributed by atoms with Crippen LogP contribution in [0, 0.1) is 18.8 Å². The highest BCUT2D eigenvalue weighted by atomic mass is 14.7. The van der Waals surface area contributed by atoms with Crippen LogP contribution in [0.1, 0.15) is 50.4 Å². The lowest BCUT2D eigenvalue weighted by molar-refractivity contribution is 0.296. The molecule has 0 spiro atoms. The molecule has 1 saturated carbocycles. The van der Waals surface area contributed by atoms with Crippen LogP contribution < -0.4 is 0 Å². The van der Waals surface area contributed by atoms with Crippen LogP contribution in [0.3, 0.4) is 0 Å². The number of unbranched alkanes of at least 4 members (excludes halogenated alkanes) is 2. The van der Waals surface area contributed by atoms with Crippen molar-refractivity contribution in [3.05, 3.63) is 48.3 Å². The summed E-state index contributed by atoms with van der Waals surface area (Å²) in [4.78, 5) is 4.60. The predicted octanol–water partition coefficient (Wildman–Crippen LogP) is 5.18. The molecule has 1 aliphatic carbocycles. The molecule has 0 N–H and O–H groups in total. The Bertz CT molecular complexity index is 459. The molecule has 2 unspecified atom stereocenters. The van der Waals surface area contributed by atoms with Gasteiger partial charge in [-0.15, -0.1) is 0 Å². The van der Waals surface area contributed by atoms with Gasteiger partial charge in [-0.1, -0.05) is 44.6 Å². The Balaban J connectivity index is 1.95. The largest absolute Gasteiger partial charge is 0.253 e. The summed E-state index contributed by atoms with van der Waals surface area (Å²) in [6, 6.07) is 6.21.